The van der Waals surface area contributed by atoms with Gasteiger partial charge < -0.3 is 0 Å². The molecule has 0 saturated carbocycles. The van der Waals surface area contributed by atoms with Gasteiger partial charge in [-0.1, -0.05) is 17.7 Å². The molecule has 0 saturated heterocycles. The molecule has 0 bridgehead atoms. The van der Waals surface area contributed by atoms with Crippen molar-refractivity contribution >= 4 is 28.3 Å². The quantitative estimate of drug-likeness (QED) is 0.648. The Labute approximate surface area is 101 Å². The van der Waals surface area contributed by atoms with E-state index in [1.165, 1.54) is 12.1 Å². The first kappa shape index (κ1) is 13.1. The van der Waals surface area contributed by atoms with Crippen LogP contribution in [0.2, 0.25) is 5.02 Å². The average Bonchev–Trinajstić information content (AvgIpc) is 2.26. The smallest absolute Gasteiger partial charge is 0.258 e. The molecule has 1 aromatic rings. The molecule has 0 spiro atoms. The third kappa shape index (κ3) is 3.55. The number of aryl methyl sites for hydroxylation is 1. The van der Waals surface area contributed by atoms with Gasteiger partial charge >= 0.3 is 0 Å². The molecule has 5 nitrogen and oxygen atoms in total. The zero-order chi connectivity index (χ0) is 12.1. The van der Waals surface area contributed by atoms with Crippen LogP contribution in [0.5, 0.6) is 0 Å². The van der Waals surface area contributed by atoms with Gasteiger partial charge in [-0.2, -0.15) is 0 Å². The van der Waals surface area contributed by atoms with Crippen molar-refractivity contribution in [3.63, 3.8) is 0 Å². The Morgan fingerprint density at radius 3 is 2.75 bits per heavy atom. The molecule has 0 amide bonds. The fraction of sp³-hybridized carbons (Fsp3) is 0.333. The normalized spacial score (nSPS) is 12.4. The van der Waals surface area contributed by atoms with E-state index in [0.29, 0.717) is 17.2 Å². The molecule has 88 valence electrons. The molecule has 0 radical (unpaired) electrons. The first-order valence-electron chi connectivity index (χ1n) is 4.53. The van der Waals surface area contributed by atoms with Crippen molar-refractivity contribution < 1.29 is 9.13 Å². The van der Waals surface area contributed by atoms with E-state index in [1.54, 1.807) is 13.1 Å². The Kier molecular flexibility index (Phi) is 4.85. The van der Waals surface area contributed by atoms with Gasteiger partial charge in [-0.05, 0) is 19.0 Å². The molecule has 1 atom stereocenters. The Bertz CT molecular complexity index is 425. The molecule has 1 unspecified atom stereocenters. The molecule has 0 aliphatic heterocycles. The summed E-state index contributed by atoms with van der Waals surface area (Å²) in [5.74, 6) is 0.425. The van der Waals surface area contributed by atoms with Crippen LogP contribution in [0.1, 0.15) is 5.56 Å². The third-order valence-electron chi connectivity index (χ3n) is 2.03. The van der Waals surface area contributed by atoms with Gasteiger partial charge in [0.15, 0.2) is 0 Å². The van der Waals surface area contributed by atoms with Crippen LogP contribution in [-0.2, 0) is 17.4 Å². The van der Waals surface area contributed by atoms with Crippen LogP contribution in [0, 0.1) is 10.1 Å². The Morgan fingerprint density at radius 1 is 1.56 bits per heavy atom. The molecule has 16 heavy (non-hydrogen) atoms. The lowest BCUT2D eigenvalue weighted by atomic mass is 10.1. The summed E-state index contributed by atoms with van der Waals surface area (Å²) in [5.41, 5.74) is 0.722. The maximum absolute atomic E-state index is 11.1. The lowest BCUT2D eigenvalue weighted by molar-refractivity contribution is -0.384. The van der Waals surface area contributed by atoms with Crippen molar-refractivity contribution in [1.29, 1.82) is 0 Å². The number of non-ortho nitro benzene ring substituents is 1. The number of nitro benzene ring substituents is 1. The number of benzene rings is 1. The minimum Gasteiger partial charge on any atom is -0.258 e. The molecule has 1 rings (SSSR count). The lowest BCUT2D eigenvalue weighted by Crippen LogP contribution is -2.15. The van der Waals surface area contributed by atoms with Crippen LogP contribution in [-0.4, -0.2) is 21.9 Å². The summed E-state index contributed by atoms with van der Waals surface area (Å²) in [6.07, 6.45) is 0.518. The second-order valence-electron chi connectivity index (χ2n) is 3.04. The summed E-state index contributed by atoms with van der Waals surface area (Å²) < 4.78 is 13.7. The minimum atomic E-state index is -1.09. The average molecular weight is 263 g/mol. The Hall–Kier alpha value is -0.980. The van der Waals surface area contributed by atoms with E-state index in [4.69, 9.17) is 11.6 Å². The summed E-state index contributed by atoms with van der Waals surface area (Å²) in [6.45, 7) is 0. The van der Waals surface area contributed by atoms with Gasteiger partial charge in [-0.15, -0.1) is 0 Å². The molecule has 0 aromatic heterocycles. The summed E-state index contributed by atoms with van der Waals surface area (Å²) in [7, 11) is 0.512. The number of nitro groups is 1. The number of hydrogen-bond donors (Lipinski definition) is 1. The second kappa shape index (κ2) is 5.93. The van der Waals surface area contributed by atoms with Crippen LogP contribution in [0.25, 0.3) is 0 Å². The molecule has 0 aliphatic carbocycles. The molecule has 1 N–H and O–H groups in total. The zero-order valence-corrected chi connectivity index (χ0v) is 10.2. The van der Waals surface area contributed by atoms with Gasteiger partial charge in [-0.3, -0.25) is 10.1 Å². The molecule has 0 aliphatic rings. The van der Waals surface area contributed by atoms with Gasteiger partial charge in [0.1, 0.15) is 0 Å². The van der Waals surface area contributed by atoms with E-state index >= 15 is 0 Å². The fourth-order valence-electron chi connectivity index (χ4n) is 1.16. The van der Waals surface area contributed by atoms with Crippen LogP contribution < -0.4 is 4.72 Å². The number of halogens is 1. The number of rotatable bonds is 5. The van der Waals surface area contributed by atoms with Crippen LogP contribution >= 0.6 is 11.6 Å². The van der Waals surface area contributed by atoms with Crippen LogP contribution in [0.4, 0.5) is 5.69 Å². The van der Waals surface area contributed by atoms with Gasteiger partial charge in [0.25, 0.3) is 5.69 Å². The van der Waals surface area contributed by atoms with Crippen molar-refractivity contribution in [2.24, 2.45) is 0 Å². The highest BCUT2D eigenvalue weighted by Gasteiger charge is 2.09. The van der Waals surface area contributed by atoms with Crippen LogP contribution in [0.3, 0.4) is 0 Å². The lowest BCUT2D eigenvalue weighted by Gasteiger charge is -2.03. The number of nitrogens with zero attached hydrogens (tertiary/aromatic N) is 1. The van der Waals surface area contributed by atoms with Gasteiger partial charge in [0, 0.05) is 17.9 Å². The van der Waals surface area contributed by atoms with Gasteiger partial charge in [-0.25, -0.2) is 8.93 Å². The maximum Gasteiger partial charge on any atom is 0.270 e. The third-order valence-corrected chi connectivity index (χ3v) is 3.41. The molecule has 0 heterocycles. The van der Waals surface area contributed by atoms with E-state index < -0.39 is 15.9 Å². The Balaban J connectivity index is 2.75. The maximum atomic E-state index is 11.1. The zero-order valence-electron chi connectivity index (χ0n) is 8.60. The second-order valence-corrected chi connectivity index (χ2v) is 4.95. The summed E-state index contributed by atoms with van der Waals surface area (Å²) in [5, 5.41) is 10.8. The largest absolute Gasteiger partial charge is 0.270 e. The first-order chi connectivity index (χ1) is 7.54. The standard InChI is InChI=1S/C9H11ClN2O3S/c1-11-16(15)5-4-7-2-3-8(12(13)14)6-9(7)10/h2-3,6,11H,4-5H2,1H3. The molecule has 0 fully saturated rings. The van der Waals surface area contributed by atoms with Crippen molar-refractivity contribution in [1.82, 2.24) is 4.72 Å². The van der Waals surface area contributed by atoms with Crippen molar-refractivity contribution in [3.8, 4) is 0 Å². The van der Waals surface area contributed by atoms with Gasteiger partial charge in [0.05, 0.1) is 20.9 Å². The first-order valence-corrected chi connectivity index (χ1v) is 6.23. The predicted octanol–water partition coefficient (Wildman–Crippen LogP) is 1.67. The molecule has 7 heteroatoms. The fourth-order valence-corrected chi connectivity index (χ4v) is 2.04. The van der Waals surface area contributed by atoms with Gasteiger partial charge in [0.2, 0.25) is 0 Å². The highest BCUT2D eigenvalue weighted by molar-refractivity contribution is 7.82. The van der Waals surface area contributed by atoms with E-state index in [-0.39, 0.29) is 5.69 Å². The van der Waals surface area contributed by atoms with Crippen molar-refractivity contribution in [2.45, 2.75) is 6.42 Å². The molecular formula is C9H11ClN2O3S. The highest BCUT2D eigenvalue weighted by Crippen LogP contribution is 2.22. The SMILES string of the molecule is CNS(=O)CCc1ccc([N+](=O)[O-])cc1Cl. The summed E-state index contributed by atoms with van der Waals surface area (Å²) in [6, 6.07) is 4.29. The van der Waals surface area contributed by atoms with Crippen molar-refractivity contribution in [3.05, 3.63) is 38.9 Å². The number of hydrogen-bond acceptors (Lipinski definition) is 3. The predicted molar refractivity (Wildman–Crippen MR) is 63.9 cm³/mol. The molecular weight excluding hydrogens is 252 g/mol. The van der Waals surface area contributed by atoms with E-state index in [0.717, 1.165) is 5.56 Å². The molecule has 1 aromatic carbocycles. The summed E-state index contributed by atoms with van der Waals surface area (Å²) >= 11 is 5.88. The summed E-state index contributed by atoms with van der Waals surface area (Å²) in [4.78, 5) is 9.97. The van der Waals surface area contributed by atoms with Crippen LogP contribution in [0.15, 0.2) is 18.2 Å². The minimum absolute atomic E-state index is 0.0384. The number of nitrogens with one attached hydrogen (secondary N) is 1. The van der Waals surface area contributed by atoms with E-state index in [2.05, 4.69) is 4.72 Å². The monoisotopic (exact) mass is 262 g/mol. The topological polar surface area (TPSA) is 72.2 Å². The highest BCUT2D eigenvalue weighted by atomic mass is 35.5. The Morgan fingerprint density at radius 2 is 2.25 bits per heavy atom. The van der Waals surface area contributed by atoms with E-state index in [9.17, 15) is 14.3 Å². The van der Waals surface area contributed by atoms with Crippen molar-refractivity contribution in [2.75, 3.05) is 12.8 Å². The van der Waals surface area contributed by atoms with E-state index in [1.807, 2.05) is 0 Å².